The second-order valence-electron chi connectivity index (χ2n) is 6.74. The van der Waals surface area contributed by atoms with E-state index in [1.165, 1.54) is 0 Å². The first-order valence-corrected chi connectivity index (χ1v) is 7.34. The van der Waals surface area contributed by atoms with Gasteiger partial charge in [-0.1, -0.05) is 0 Å². The van der Waals surface area contributed by atoms with Crippen LogP contribution in [-0.4, -0.2) is 35.8 Å². The molecule has 0 N–H and O–H groups in total. The normalized spacial score (nSPS) is 22.5. The molecule has 2 aliphatic heterocycles. The van der Waals surface area contributed by atoms with Gasteiger partial charge in [0.15, 0.2) is 0 Å². The second-order valence-corrected chi connectivity index (χ2v) is 6.74. The molecule has 0 radical (unpaired) electrons. The molecular weight excluding hydrogens is 267 g/mol. The molecule has 6 heteroatoms. The molecule has 0 aliphatic carbocycles. The molecule has 112 valence electrons. The van der Waals surface area contributed by atoms with Crippen LogP contribution in [0, 0.1) is 0 Å². The van der Waals surface area contributed by atoms with Gasteiger partial charge in [-0.2, -0.15) is 0 Å². The number of carbonyl (C=O) groups is 1. The number of aromatic nitrogens is 1. The summed E-state index contributed by atoms with van der Waals surface area (Å²) in [6.45, 7) is 10.4. The molecule has 1 fully saturated rings. The highest BCUT2D eigenvalue weighted by atomic mass is 16.7. The summed E-state index contributed by atoms with van der Waals surface area (Å²) < 4.78 is 12.1. The summed E-state index contributed by atoms with van der Waals surface area (Å²) in [5.74, 6) is 0.0432. The van der Waals surface area contributed by atoms with Crippen molar-refractivity contribution in [1.29, 1.82) is 0 Å². The summed E-state index contributed by atoms with van der Waals surface area (Å²) in [6, 6.07) is 1.97. The number of anilines is 1. The number of hydrogen-bond acceptors (Lipinski definition) is 4. The maximum absolute atomic E-state index is 11.7. The van der Waals surface area contributed by atoms with Crippen molar-refractivity contribution in [3.8, 4) is 0 Å². The summed E-state index contributed by atoms with van der Waals surface area (Å²) in [5, 5.41) is 0. The fourth-order valence-electron chi connectivity index (χ4n) is 2.70. The number of nitrogens with zero attached hydrogens (tertiary/aromatic N) is 2. The number of fused-ring (bicyclic) bond motifs is 1. The highest BCUT2D eigenvalue weighted by molar-refractivity contribution is 6.62. The van der Waals surface area contributed by atoms with Crippen LogP contribution in [0.2, 0.25) is 0 Å². The van der Waals surface area contributed by atoms with Crippen molar-refractivity contribution < 1.29 is 14.1 Å². The van der Waals surface area contributed by atoms with Gasteiger partial charge >= 0.3 is 7.12 Å². The maximum Gasteiger partial charge on any atom is 0.496 e. The molecule has 0 atom stereocenters. The van der Waals surface area contributed by atoms with E-state index in [4.69, 9.17) is 9.31 Å². The number of carbonyl (C=O) groups excluding carboxylic acids is 1. The Bertz CT molecular complexity index is 585. The van der Waals surface area contributed by atoms with Gasteiger partial charge in [0.2, 0.25) is 5.91 Å². The zero-order chi connectivity index (χ0) is 15.4. The zero-order valence-electron chi connectivity index (χ0n) is 13.3. The van der Waals surface area contributed by atoms with E-state index < -0.39 is 7.12 Å². The average molecular weight is 288 g/mol. The van der Waals surface area contributed by atoms with Crippen molar-refractivity contribution in [1.82, 2.24) is 4.98 Å². The molecule has 1 aromatic rings. The van der Waals surface area contributed by atoms with Gasteiger partial charge in [0.1, 0.15) is 0 Å². The molecule has 0 spiro atoms. The largest absolute Gasteiger partial charge is 0.496 e. The van der Waals surface area contributed by atoms with E-state index in [2.05, 4.69) is 4.98 Å². The molecule has 1 amide bonds. The van der Waals surface area contributed by atoms with Crippen LogP contribution in [0.3, 0.4) is 0 Å². The van der Waals surface area contributed by atoms with Crippen molar-refractivity contribution in [3.63, 3.8) is 0 Å². The van der Waals surface area contributed by atoms with Crippen LogP contribution in [0.5, 0.6) is 0 Å². The predicted octanol–water partition coefficient (Wildman–Crippen LogP) is 1.29. The lowest BCUT2D eigenvalue weighted by atomic mass is 9.80. The summed E-state index contributed by atoms with van der Waals surface area (Å²) in [4.78, 5) is 17.9. The molecule has 0 unspecified atom stereocenters. The second kappa shape index (κ2) is 4.55. The molecular formula is C15H21BN2O3. The monoisotopic (exact) mass is 288 g/mol. The van der Waals surface area contributed by atoms with E-state index in [1.54, 1.807) is 18.0 Å². The van der Waals surface area contributed by atoms with Crippen molar-refractivity contribution >= 4 is 24.2 Å². The van der Waals surface area contributed by atoms with Gasteiger partial charge in [-0.15, -0.1) is 0 Å². The van der Waals surface area contributed by atoms with Crippen molar-refractivity contribution in [2.24, 2.45) is 0 Å². The van der Waals surface area contributed by atoms with E-state index in [0.717, 1.165) is 23.3 Å². The third-order valence-corrected chi connectivity index (χ3v) is 4.74. The highest BCUT2D eigenvalue weighted by Crippen LogP contribution is 2.37. The zero-order valence-corrected chi connectivity index (χ0v) is 13.3. The molecule has 21 heavy (non-hydrogen) atoms. The number of amides is 1. The van der Waals surface area contributed by atoms with Gasteiger partial charge in [0, 0.05) is 31.5 Å². The van der Waals surface area contributed by atoms with Crippen molar-refractivity contribution in [3.05, 3.63) is 18.0 Å². The first-order valence-electron chi connectivity index (χ1n) is 7.34. The Morgan fingerprint density at radius 1 is 1.29 bits per heavy atom. The predicted molar refractivity (Wildman–Crippen MR) is 81.7 cm³/mol. The quantitative estimate of drug-likeness (QED) is 0.731. The molecule has 3 rings (SSSR count). The Morgan fingerprint density at radius 3 is 2.48 bits per heavy atom. The molecule has 1 aromatic heterocycles. The molecule has 3 heterocycles. The van der Waals surface area contributed by atoms with Gasteiger partial charge in [-0.25, -0.2) is 0 Å². The third-order valence-electron chi connectivity index (χ3n) is 4.74. The van der Waals surface area contributed by atoms with Crippen LogP contribution in [0.1, 0.15) is 40.3 Å². The van der Waals surface area contributed by atoms with Gasteiger partial charge < -0.3 is 14.2 Å². The lowest BCUT2D eigenvalue weighted by Gasteiger charge is -2.32. The Hall–Kier alpha value is -1.40. The Morgan fingerprint density at radius 2 is 1.90 bits per heavy atom. The van der Waals surface area contributed by atoms with Gasteiger partial charge in [-0.3, -0.25) is 9.78 Å². The molecule has 0 saturated carbocycles. The number of hydrogen-bond donors (Lipinski definition) is 0. The average Bonchev–Trinajstić information content (AvgIpc) is 2.87. The van der Waals surface area contributed by atoms with Crippen molar-refractivity contribution in [2.45, 2.75) is 52.2 Å². The first-order chi connectivity index (χ1) is 9.71. The van der Waals surface area contributed by atoms with Gasteiger partial charge in [0.05, 0.1) is 22.6 Å². The summed E-state index contributed by atoms with van der Waals surface area (Å²) in [7, 11) is -0.442. The fraction of sp³-hybridized carbons (Fsp3) is 0.600. The van der Waals surface area contributed by atoms with E-state index in [0.29, 0.717) is 6.54 Å². The van der Waals surface area contributed by atoms with Crippen LogP contribution >= 0.6 is 0 Å². The third kappa shape index (κ3) is 2.26. The van der Waals surface area contributed by atoms with E-state index in [-0.39, 0.29) is 17.1 Å². The van der Waals surface area contributed by atoms with Gasteiger partial charge in [0.25, 0.3) is 0 Å². The minimum atomic E-state index is -0.442. The Balaban J connectivity index is 1.92. The fourth-order valence-corrected chi connectivity index (χ4v) is 2.70. The van der Waals surface area contributed by atoms with Crippen LogP contribution in [0.15, 0.2) is 12.3 Å². The minimum Gasteiger partial charge on any atom is -0.399 e. The Labute approximate surface area is 125 Å². The SMILES string of the molecule is CC(=O)N1CCc2ncc(B3OC(C)(C)C(C)(C)O3)cc21. The molecule has 2 aliphatic rings. The van der Waals surface area contributed by atoms with Crippen LogP contribution in [-0.2, 0) is 20.5 Å². The van der Waals surface area contributed by atoms with E-state index >= 15 is 0 Å². The first kappa shape index (κ1) is 14.5. The van der Waals surface area contributed by atoms with Crippen LogP contribution < -0.4 is 10.4 Å². The number of rotatable bonds is 1. The standard InChI is InChI=1S/C15H21BN2O3/c1-10(19)18-7-6-12-13(18)8-11(9-17-12)16-20-14(2,3)15(4,5)21-16/h8-9H,6-7H2,1-5H3. The Kier molecular flexibility index (Phi) is 3.15. The number of pyridine rings is 1. The van der Waals surface area contributed by atoms with Crippen molar-refractivity contribution in [2.75, 3.05) is 11.4 Å². The van der Waals surface area contributed by atoms with Gasteiger partial charge in [-0.05, 0) is 33.8 Å². The van der Waals surface area contributed by atoms with E-state index in [1.807, 2.05) is 33.8 Å². The summed E-state index contributed by atoms with van der Waals surface area (Å²) >= 11 is 0. The van der Waals surface area contributed by atoms with E-state index in [9.17, 15) is 4.79 Å². The van der Waals surface area contributed by atoms with Crippen LogP contribution in [0.4, 0.5) is 5.69 Å². The molecule has 5 nitrogen and oxygen atoms in total. The smallest absolute Gasteiger partial charge is 0.399 e. The molecule has 0 bridgehead atoms. The van der Waals surface area contributed by atoms with Crippen LogP contribution in [0.25, 0.3) is 0 Å². The topological polar surface area (TPSA) is 51.7 Å². The molecule has 0 aromatic carbocycles. The lowest BCUT2D eigenvalue weighted by molar-refractivity contribution is -0.116. The molecule has 1 saturated heterocycles. The highest BCUT2D eigenvalue weighted by Gasteiger charge is 2.52. The summed E-state index contributed by atoms with van der Waals surface area (Å²) in [6.07, 6.45) is 2.60. The summed E-state index contributed by atoms with van der Waals surface area (Å²) in [5.41, 5.74) is 1.95. The maximum atomic E-state index is 11.7. The lowest BCUT2D eigenvalue weighted by Crippen LogP contribution is -2.41. The minimum absolute atomic E-state index is 0.0432.